The number of nitrogens with zero attached hydrogens (tertiary/aromatic N) is 1. The van der Waals surface area contributed by atoms with Crippen molar-refractivity contribution in [3.05, 3.63) is 33.7 Å². The second-order valence-electron chi connectivity index (χ2n) is 3.68. The Morgan fingerprint density at radius 2 is 1.77 bits per heavy atom. The lowest BCUT2D eigenvalue weighted by molar-refractivity contribution is 1.12. The Kier molecular flexibility index (Phi) is 0.759. The third-order valence-corrected chi connectivity index (χ3v) is 3.11. The molecule has 0 aromatic heterocycles. The zero-order valence-corrected chi connectivity index (χ0v) is 7.04. The van der Waals surface area contributed by atoms with Crippen LogP contribution in [0.3, 0.4) is 0 Å². The van der Waals surface area contributed by atoms with Crippen molar-refractivity contribution in [3.8, 4) is 0 Å². The summed E-state index contributed by atoms with van der Waals surface area (Å²) >= 11 is 0. The fourth-order valence-corrected chi connectivity index (χ4v) is 2.42. The van der Waals surface area contributed by atoms with E-state index < -0.39 is 0 Å². The molecular weight excluding hydrogens is 158 g/mol. The largest absolute Gasteiger partial charge is 0.288 e. The predicted octanol–water partition coefficient (Wildman–Crippen LogP) is 0.785. The maximum Gasteiger partial charge on any atom is 0.0652 e. The Morgan fingerprint density at radius 1 is 1.00 bits per heavy atom. The van der Waals surface area contributed by atoms with Crippen molar-refractivity contribution in [2.45, 2.75) is 6.54 Å². The lowest BCUT2D eigenvalue weighted by Gasteiger charge is -2.13. The highest BCUT2D eigenvalue weighted by Crippen LogP contribution is 2.23. The van der Waals surface area contributed by atoms with Gasteiger partial charge in [0.05, 0.1) is 6.54 Å². The van der Waals surface area contributed by atoms with E-state index in [-0.39, 0.29) is 0 Å². The van der Waals surface area contributed by atoms with Crippen LogP contribution in [0.25, 0.3) is 22.9 Å². The monoisotopic (exact) mass is 165 g/mol. The minimum absolute atomic E-state index is 0.878. The van der Waals surface area contributed by atoms with Gasteiger partial charge in [-0.2, -0.15) is 0 Å². The van der Waals surface area contributed by atoms with Crippen molar-refractivity contribution >= 4 is 29.1 Å². The predicted molar refractivity (Wildman–Crippen MR) is 54.6 cm³/mol. The fourth-order valence-electron chi connectivity index (χ4n) is 2.42. The molecule has 0 radical (unpaired) electrons. The second-order valence-corrected chi connectivity index (χ2v) is 3.68. The van der Waals surface area contributed by atoms with Crippen LogP contribution in [0.5, 0.6) is 0 Å². The molecule has 0 unspecified atom stereocenters. The SMILES string of the molecule is C1=NCc2c1c1ccc2c2c1=CC=2. The Balaban J connectivity index is 2.48. The van der Waals surface area contributed by atoms with Crippen molar-refractivity contribution in [3.63, 3.8) is 0 Å². The van der Waals surface area contributed by atoms with Gasteiger partial charge in [-0.25, -0.2) is 0 Å². The smallest absolute Gasteiger partial charge is 0.0652 e. The summed E-state index contributed by atoms with van der Waals surface area (Å²) in [4.78, 5) is 4.33. The van der Waals surface area contributed by atoms with E-state index in [2.05, 4.69) is 29.3 Å². The van der Waals surface area contributed by atoms with Gasteiger partial charge in [0.15, 0.2) is 0 Å². The first-order valence-corrected chi connectivity index (χ1v) is 4.54. The average Bonchev–Trinajstić information content (AvgIpc) is 2.53. The van der Waals surface area contributed by atoms with E-state index in [0.29, 0.717) is 0 Å². The Morgan fingerprint density at radius 3 is 2.62 bits per heavy atom. The number of rotatable bonds is 0. The Bertz CT molecular complexity index is 662. The standard InChI is InChI=1S/C12H7N/c1-2-8-7(1)9-3-4-10(8)12-6-13-5-11(9)12/h1-5H,6H2. The molecular formula is C12H7N. The van der Waals surface area contributed by atoms with Crippen LogP contribution in [0.15, 0.2) is 17.1 Å². The molecule has 2 bridgehead atoms. The van der Waals surface area contributed by atoms with Gasteiger partial charge >= 0.3 is 0 Å². The van der Waals surface area contributed by atoms with Gasteiger partial charge in [-0.15, -0.1) is 0 Å². The van der Waals surface area contributed by atoms with Gasteiger partial charge in [0, 0.05) is 11.8 Å². The van der Waals surface area contributed by atoms with Crippen molar-refractivity contribution in [1.29, 1.82) is 0 Å². The van der Waals surface area contributed by atoms with Gasteiger partial charge in [-0.3, -0.25) is 4.99 Å². The van der Waals surface area contributed by atoms with Gasteiger partial charge in [0.1, 0.15) is 0 Å². The van der Waals surface area contributed by atoms with E-state index in [0.717, 1.165) is 6.54 Å². The van der Waals surface area contributed by atoms with Crippen molar-refractivity contribution in [2.24, 2.45) is 4.99 Å². The van der Waals surface area contributed by atoms with Crippen LogP contribution in [-0.2, 0) is 6.54 Å². The van der Waals surface area contributed by atoms with Gasteiger partial charge in [-0.05, 0) is 26.8 Å². The number of aliphatic imine (C=N–C) groups is 1. The molecule has 0 saturated carbocycles. The quantitative estimate of drug-likeness (QED) is 0.547. The summed E-state index contributed by atoms with van der Waals surface area (Å²) in [6, 6.07) is 4.44. The molecule has 13 heavy (non-hydrogen) atoms. The second kappa shape index (κ2) is 1.67. The first-order chi connectivity index (χ1) is 6.45. The first-order valence-electron chi connectivity index (χ1n) is 4.54. The Hall–Kier alpha value is -1.63. The summed E-state index contributed by atoms with van der Waals surface area (Å²) in [5.74, 6) is 0. The summed E-state index contributed by atoms with van der Waals surface area (Å²) < 4.78 is 0. The number of benzene rings is 3. The van der Waals surface area contributed by atoms with Crippen LogP contribution in [0.1, 0.15) is 11.1 Å². The zero-order chi connectivity index (χ0) is 8.41. The lowest BCUT2D eigenvalue weighted by atomic mass is 9.90. The van der Waals surface area contributed by atoms with Crippen LogP contribution in [0, 0.1) is 0 Å². The van der Waals surface area contributed by atoms with E-state index in [9.17, 15) is 0 Å². The molecule has 0 fully saturated rings. The highest BCUT2D eigenvalue weighted by Gasteiger charge is 2.17. The number of hydrogen-bond donors (Lipinski definition) is 0. The van der Waals surface area contributed by atoms with Gasteiger partial charge < -0.3 is 0 Å². The van der Waals surface area contributed by atoms with Crippen LogP contribution >= 0.6 is 0 Å². The van der Waals surface area contributed by atoms with Crippen LogP contribution in [0.4, 0.5) is 0 Å². The third kappa shape index (κ3) is 0.493. The molecule has 3 aromatic carbocycles. The topological polar surface area (TPSA) is 12.4 Å². The summed E-state index contributed by atoms with van der Waals surface area (Å²) in [5.41, 5.74) is 2.79. The van der Waals surface area contributed by atoms with E-state index in [4.69, 9.17) is 0 Å². The van der Waals surface area contributed by atoms with Crippen LogP contribution in [0.2, 0.25) is 0 Å². The molecule has 1 aliphatic heterocycles. The van der Waals surface area contributed by atoms with Gasteiger partial charge in [0.25, 0.3) is 0 Å². The Labute approximate surface area is 75.1 Å². The highest BCUT2D eigenvalue weighted by atomic mass is 14.7. The molecule has 0 saturated heterocycles. The molecule has 60 valence electrons. The molecule has 1 heterocycles. The van der Waals surface area contributed by atoms with Crippen molar-refractivity contribution in [1.82, 2.24) is 0 Å². The number of hydrogen-bond acceptors (Lipinski definition) is 1. The summed E-state index contributed by atoms with van der Waals surface area (Å²) in [7, 11) is 0. The van der Waals surface area contributed by atoms with E-state index >= 15 is 0 Å². The molecule has 0 amide bonds. The average molecular weight is 165 g/mol. The van der Waals surface area contributed by atoms with E-state index in [1.807, 2.05) is 6.21 Å². The summed E-state index contributed by atoms with van der Waals surface area (Å²) in [6.45, 7) is 0.878. The molecule has 0 atom stereocenters. The lowest BCUT2D eigenvalue weighted by Crippen LogP contribution is -2.34. The first kappa shape index (κ1) is 5.92. The molecule has 0 N–H and O–H groups in total. The minimum Gasteiger partial charge on any atom is -0.288 e. The fraction of sp³-hybridized carbons (Fsp3) is 0.0833. The number of fused-ring (bicyclic) bond motifs is 1. The molecule has 1 aliphatic carbocycles. The summed E-state index contributed by atoms with van der Waals surface area (Å²) in [6.07, 6.45) is 6.42. The van der Waals surface area contributed by atoms with E-state index in [1.54, 1.807) is 0 Å². The van der Waals surface area contributed by atoms with Crippen molar-refractivity contribution in [2.75, 3.05) is 0 Å². The molecule has 5 rings (SSSR count). The molecule has 1 nitrogen and oxygen atoms in total. The molecule has 2 aliphatic rings. The molecule has 3 aromatic rings. The van der Waals surface area contributed by atoms with Crippen LogP contribution < -0.4 is 10.4 Å². The van der Waals surface area contributed by atoms with Gasteiger partial charge in [-0.1, -0.05) is 24.3 Å². The zero-order valence-electron chi connectivity index (χ0n) is 7.04. The van der Waals surface area contributed by atoms with Crippen LogP contribution in [-0.4, -0.2) is 6.21 Å². The van der Waals surface area contributed by atoms with E-state index in [1.165, 1.54) is 32.3 Å². The third-order valence-electron chi connectivity index (χ3n) is 3.11. The normalized spacial score (nSPS) is 16.3. The maximum atomic E-state index is 4.33. The van der Waals surface area contributed by atoms with Gasteiger partial charge in [0.2, 0.25) is 0 Å². The molecule has 1 heteroatoms. The molecule has 0 spiro atoms. The van der Waals surface area contributed by atoms with Crippen molar-refractivity contribution < 1.29 is 0 Å². The summed E-state index contributed by atoms with van der Waals surface area (Å²) in [5, 5.41) is 5.63. The minimum atomic E-state index is 0.878. The maximum absolute atomic E-state index is 4.33. The highest BCUT2D eigenvalue weighted by molar-refractivity contribution is 6.03.